The van der Waals surface area contributed by atoms with E-state index in [1.165, 1.54) is 51.4 Å². The Labute approximate surface area is 322 Å². The highest BCUT2D eigenvalue weighted by atomic mass is 31.2. The Hall–Kier alpha value is -2.33. The van der Waals surface area contributed by atoms with Crippen molar-refractivity contribution < 1.29 is 47.2 Å². The van der Waals surface area contributed by atoms with E-state index in [0.717, 1.165) is 38.5 Å². The number of likely N-dealkylation sites (N-methyl/N-ethyl adjacent to an activating group) is 1. The van der Waals surface area contributed by atoms with Gasteiger partial charge in [0.15, 0.2) is 6.10 Å². The molecule has 0 aliphatic heterocycles. The lowest BCUT2D eigenvalue weighted by atomic mass is 10.1. The lowest BCUT2D eigenvalue weighted by Gasteiger charge is -2.24. The maximum absolute atomic E-state index is 12.6. The van der Waals surface area contributed by atoms with E-state index in [1.54, 1.807) is 6.08 Å². The molecule has 0 aromatic heterocycles. The van der Waals surface area contributed by atoms with Gasteiger partial charge in [-0.05, 0) is 44.9 Å². The fraction of sp³-hybridized carbons (Fsp3) is 0.714. The van der Waals surface area contributed by atoms with Crippen molar-refractivity contribution in [3.8, 4) is 0 Å². The Balaban J connectivity index is 4.54. The van der Waals surface area contributed by atoms with Crippen LogP contribution in [0.25, 0.3) is 0 Å². The van der Waals surface area contributed by atoms with Crippen LogP contribution in [-0.4, -0.2) is 86.1 Å². The fourth-order valence-corrected chi connectivity index (χ4v) is 5.62. The molecule has 0 aliphatic rings. The lowest BCUT2D eigenvalue weighted by molar-refractivity contribution is -0.870. The van der Waals surface area contributed by atoms with E-state index in [1.807, 2.05) is 58.4 Å². The van der Waals surface area contributed by atoms with Gasteiger partial charge in [-0.2, -0.15) is 0 Å². The van der Waals surface area contributed by atoms with Crippen molar-refractivity contribution in [2.45, 2.75) is 148 Å². The average Bonchev–Trinajstić information content (AvgIpc) is 3.10. The molecule has 0 rings (SSSR count). The molecule has 306 valence electrons. The topological polar surface area (TPSA) is 129 Å². The third-order valence-corrected chi connectivity index (χ3v) is 9.20. The van der Waals surface area contributed by atoms with Gasteiger partial charge in [0.25, 0.3) is 0 Å². The molecule has 0 aromatic carbocycles. The molecular weight excluding hydrogens is 693 g/mol. The summed E-state index contributed by atoms with van der Waals surface area (Å²) in [6, 6.07) is 0. The summed E-state index contributed by atoms with van der Waals surface area (Å²) >= 11 is 0. The summed E-state index contributed by atoms with van der Waals surface area (Å²) in [6.45, 7) is 3.98. The molecule has 2 N–H and O–H groups in total. The smallest absolute Gasteiger partial charge is 0.462 e. The number of phosphoric acid groups is 1. The summed E-state index contributed by atoms with van der Waals surface area (Å²) in [5, 5.41) is 9.47. The van der Waals surface area contributed by atoms with Crippen LogP contribution >= 0.6 is 7.82 Å². The van der Waals surface area contributed by atoms with Crippen molar-refractivity contribution in [3.05, 3.63) is 60.8 Å². The normalized spacial score (nSPS) is 14.9. The van der Waals surface area contributed by atoms with E-state index in [-0.39, 0.29) is 32.2 Å². The van der Waals surface area contributed by atoms with E-state index in [9.17, 15) is 24.2 Å². The summed E-state index contributed by atoms with van der Waals surface area (Å²) in [6.07, 6.45) is 36.6. The zero-order valence-corrected chi connectivity index (χ0v) is 34.7. The van der Waals surface area contributed by atoms with E-state index < -0.39 is 32.5 Å². The van der Waals surface area contributed by atoms with Crippen molar-refractivity contribution in [1.29, 1.82) is 0 Å². The van der Waals surface area contributed by atoms with Gasteiger partial charge in [-0.1, -0.05) is 139 Å². The number of unbranched alkanes of at least 4 members (excludes halogenated alkanes) is 11. The van der Waals surface area contributed by atoms with Gasteiger partial charge in [0.2, 0.25) is 0 Å². The van der Waals surface area contributed by atoms with Gasteiger partial charge in [0.1, 0.15) is 19.8 Å². The van der Waals surface area contributed by atoms with Crippen LogP contribution in [0, 0.1) is 0 Å². The van der Waals surface area contributed by atoms with Crippen LogP contribution in [-0.2, 0) is 32.7 Å². The minimum atomic E-state index is -4.39. The van der Waals surface area contributed by atoms with E-state index in [0.29, 0.717) is 30.3 Å². The fourth-order valence-electron chi connectivity index (χ4n) is 4.88. The quantitative estimate of drug-likeness (QED) is 0.0162. The van der Waals surface area contributed by atoms with E-state index in [2.05, 4.69) is 31.2 Å². The second kappa shape index (κ2) is 34.2. The van der Waals surface area contributed by atoms with Crippen molar-refractivity contribution in [2.75, 3.05) is 47.5 Å². The van der Waals surface area contributed by atoms with Gasteiger partial charge in [-0.3, -0.25) is 18.6 Å². The molecule has 53 heavy (non-hydrogen) atoms. The number of nitrogens with zero attached hydrogens (tertiary/aromatic N) is 1. The number of aliphatic hydroxyl groups is 1. The third kappa shape index (κ3) is 37.8. The first-order chi connectivity index (χ1) is 25.4. The number of carbonyl (C=O) groups excluding carboxylic acids is 2. The molecule has 0 saturated carbocycles. The maximum atomic E-state index is 12.6. The minimum Gasteiger partial charge on any atom is -0.462 e. The monoisotopic (exact) mass is 769 g/mol. The van der Waals surface area contributed by atoms with E-state index in [4.69, 9.17) is 18.5 Å². The SMILES string of the molecule is CCCCCCCCCCCCCC(=O)OC[C@H](COP(=O)(O)OCC[N+](C)(C)C)OC(=O)CCC/C=C\C/C=C\C/C=C\C/C=C\C=C\[C@H](O)CC. The predicted molar refractivity (Wildman–Crippen MR) is 216 cm³/mol. The largest absolute Gasteiger partial charge is 0.472 e. The summed E-state index contributed by atoms with van der Waals surface area (Å²) in [5.74, 6) is -0.892. The molecular formula is C42H75NO9P+. The maximum Gasteiger partial charge on any atom is 0.472 e. The second-order valence-corrected chi connectivity index (χ2v) is 15.9. The van der Waals surface area contributed by atoms with Gasteiger partial charge < -0.3 is 24.0 Å². The zero-order chi connectivity index (χ0) is 39.5. The molecule has 0 amide bonds. The lowest BCUT2D eigenvalue weighted by Crippen LogP contribution is -2.37. The number of phosphoric ester groups is 1. The Kier molecular flexibility index (Phi) is 32.7. The van der Waals surface area contributed by atoms with Gasteiger partial charge in [0, 0.05) is 12.8 Å². The number of esters is 2. The van der Waals surface area contributed by atoms with Crippen molar-refractivity contribution in [2.24, 2.45) is 0 Å². The van der Waals surface area contributed by atoms with Crippen LogP contribution in [0.1, 0.15) is 136 Å². The highest BCUT2D eigenvalue weighted by molar-refractivity contribution is 7.47. The van der Waals surface area contributed by atoms with Crippen molar-refractivity contribution in [3.63, 3.8) is 0 Å². The second-order valence-electron chi connectivity index (χ2n) is 14.5. The molecule has 11 heteroatoms. The molecule has 0 saturated heterocycles. The molecule has 0 aliphatic carbocycles. The van der Waals surface area contributed by atoms with Gasteiger partial charge in [-0.15, -0.1) is 0 Å². The summed E-state index contributed by atoms with van der Waals surface area (Å²) < 4.78 is 34.1. The Morgan fingerprint density at radius 1 is 0.679 bits per heavy atom. The van der Waals surface area contributed by atoms with Crippen LogP contribution < -0.4 is 0 Å². The molecule has 0 radical (unpaired) electrons. The van der Waals surface area contributed by atoms with Crippen molar-refractivity contribution in [1.82, 2.24) is 0 Å². The summed E-state index contributed by atoms with van der Waals surface area (Å²) in [5.41, 5.74) is 0. The van der Waals surface area contributed by atoms with Crippen LogP contribution in [0.5, 0.6) is 0 Å². The number of allylic oxidation sites excluding steroid dienone is 9. The molecule has 1 unspecified atom stereocenters. The Morgan fingerprint density at radius 3 is 1.81 bits per heavy atom. The number of quaternary nitrogens is 1. The summed E-state index contributed by atoms with van der Waals surface area (Å²) in [4.78, 5) is 35.2. The Morgan fingerprint density at radius 2 is 1.23 bits per heavy atom. The first kappa shape index (κ1) is 50.7. The molecule has 10 nitrogen and oxygen atoms in total. The van der Waals surface area contributed by atoms with Gasteiger partial charge in [0.05, 0.1) is 33.9 Å². The van der Waals surface area contributed by atoms with Crippen molar-refractivity contribution >= 4 is 19.8 Å². The zero-order valence-electron chi connectivity index (χ0n) is 33.8. The highest BCUT2D eigenvalue weighted by Crippen LogP contribution is 2.43. The average molecular weight is 769 g/mol. The first-order valence-electron chi connectivity index (χ1n) is 20.1. The van der Waals surface area contributed by atoms with Gasteiger partial charge in [-0.25, -0.2) is 4.57 Å². The van der Waals surface area contributed by atoms with Crippen LogP contribution in [0.2, 0.25) is 0 Å². The molecule has 0 bridgehead atoms. The molecule has 0 spiro atoms. The standard InChI is InChI=1S/C42H74NO9P/c1-6-8-9-10-11-12-17-21-24-27-30-33-41(45)49-37-40(38-51-53(47,48)50-36-35-43(3,4)5)52-42(46)34-31-28-25-22-19-16-14-13-15-18-20-23-26-29-32-39(44)7-2/h14-16,18,22-23,25-26,29,32,39-40,44H,6-13,17,19-21,24,27-28,30-31,33-38H2,1-5H3/p+1/b16-14-,18-15-,25-22-,26-23-,32-29+/t39-,40-/m1/s1. The predicted octanol–water partition coefficient (Wildman–Crippen LogP) is 9.87. The number of rotatable bonds is 35. The van der Waals surface area contributed by atoms with Crippen LogP contribution in [0.3, 0.4) is 0 Å². The van der Waals surface area contributed by atoms with Gasteiger partial charge >= 0.3 is 19.8 Å². The molecule has 0 aromatic rings. The molecule has 0 heterocycles. The number of hydrogen-bond acceptors (Lipinski definition) is 8. The number of carbonyl (C=O) groups is 2. The summed E-state index contributed by atoms with van der Waals surface area (Å²) in [7, 11) is 1.41. The first-order valence-corrected chi connectivity index (χ1v) is 21.6. The van der Waals surface area contributed by atoms with Crippen LogP contribution in [0.15, 0.2) is 60.8 Å². The highest BCUT2D eigenvalue weighted by Gasteiger charge is 2.27. The van der Waals surface area contributed by atoms with Crippen LogP contribution in [0.4, 0.5) is 0 Å². The number of ether oxygens (including phenoxy) is 2. The minimum absolute atomic E-state index is 0.0128. The number of aliphatic hydroxyl groups excluding tert-OH is 1. The number of hydrogen-bond donors (Lipinski definition) is 2. The van der Waals surface area contributed by atoms with E-state index >= 15 is 0 Å². The Bertz CT molecular complexity index is 1110. The molecule has 3 atom stereocenters. The third-order valence-electron chi connectivity index (χ3n) is 8.22. The molecule has 0 fully saturated rings.